The molecule has 2 unspecified atom stereocenters. The van der Waals surface area contributed by atoms with Gasteiger partial charge in [-0.3, -0.25) is 4.79 Å². The Bertz CT molecular complexity index is 386. The zero-order chi connectivity index (χ0) is 15.1. The molecule has 1 aliphatic carbocycles. The quantitative estimate of drug-likeness (QED) is 0.597. The Balaban J connectivity index is 0.000000711. The third kappa shape index (κ3) is 4.18. The van der Waals surface area contributed by atoms with Gasteiger partial charge in [-0.05, 0) is 20.4 Å². The number of aliphatic hydroxyl groups is 1. The maximum atomic E-state index is 11.0. The molecule has 0 aromatic heterocycles. The van der Waals surface area contributed by atoms with Crippen LogP contribution >= 0.6 is 0 Å². The van der Waals surface area contributed by atoms with Crippen LogP contribution in [0.5, 0.6) is 0 Å². The predicted octanol–water partition coefficient (Wildman–Crippen LogP) is 0.635. The van der Waals surface area contributed by atoms with E-state index in [1.54, 1.807) is 14.0 Å². The molecule has 0 bridgehead atoms. The lowest BCUT2D eigenvalue weighted by atomic mass is 9.76. The van der Waals surface area contributed by atoms with Crippen molar-refractivity contribution in [3.05, 3.63) is 23.8 Å². The SMILES string of the molecule is CCCO.CNC1(C)C(C(=O)O)=CC=CC1C(=O)O. The summed E-state index contributed by atoms with van der Waals surface area (Å²) < 4.78 is 0. The van der Waals surface area contributed by atoms with E-state index in [2.05, 4.69) is 5.32 Å². The highest BCUT2D eigenvalue weighted by Crippen LogP contribution is 2.30. The summed E-state index contributed by atoms with van der Waals surface area (Å²) in [5.74, 6) is -3.03. The average molecular weight is 271 g/mol. The van der Waals surface area contributed by atoms with Crippen LogP contribution in [0.2, 0.25) is 0 Å². The number of aliphatic carboxylic acids is 2. The molecule has 0 aromatic rings. The van der Waals surface area contributed by atoms with E-state index in [-0.39, 0.29) is 5.57 Å². The molecule has 0 saturated heterocycles. The molecule has 108 valence electrons. The first-order chi connectivity index (χ1) is 8.84. The van der Waals surface area contributed by atoms with Crippen molar-refractivity contribution in [1.82, 2.24) is 5.32 Å². The van der Waals surface area contributed by atoms with Gasteiger partial charge in [0.05, 0.1) is 17.0 Å². The van der Waals surface area contributed by atoms with Gasteiger partial charge in [-0.1, -0.05) is 25.2 Å². The Kier molecular flexibility index (Phi) is 7.03. The second-order valence-corrected chi connectivity index (χ2v) is 4.26. The Labute approximate surface area is 112 Å². The van der Waals surface area contributed by atoms with Crippen molar-refractivity contribution < 1.29 is 24.9 Å². The maximum absolute atomic E-state index is 11.0. The zero-order valence-electron chi connectivity index (χ0n) is 11.4. The molecule has 4 N–H and O–H groups in total. The molecule has 0 aromatic carbocycles. The van der Waals surface area contributed by atoms with E-state index in [0.717, 1.165) is 6.42 Å². The summed E-state index contributed by atoms with van der Waals surface area (Å²) in [6.07, 6.45) is 5.23. The topological polar surface area (TPSA) is 107 Å². The van der Waals surface area contributed by atoms with E-state index in [9.17, 15) is 9.59 Å². The zero-order valence-corrected chi connectivity index (χ0v) is 11.4. The van der Waals surface area contributed by atoms with Crippen LogP contribution in [-0.4, -0.2) is 46.5 Å². The van der Waals surface area contributed by atoms with Gasteiger partial charge in [-0.2, -0.15) is 0 Å². The fraction of sp³-hybridized carbons (Fsp3) is 0.538. The van der Waals surface area contributed by atoms with E-state index >= 15 is 0 Å². The third-order valence-corrected chi connectivity index (χ3v) is 2.99. The standard InChI is InChI=1S/C10H13NO4.C3H8O/c1-10(11-2)6(8(12)13)4-3-5-7(10)9(14)15;1-2-3-4/h3-6,11H,1-2H3,(H,12,13)(H,14,15);4H,2-3H2,1H3. The van der Waals surface area contributed by atoms with Gasteiger partial charge >= 0.3 is 11.9 Å². The lowest BCUT2D eigenvalue weighted by Gasteiger charge is -2.35. The molecule has 0 fully saturated rings. The second kappa shape index (κ2) is 7.70. The van der Waals surface area contributed by atoms with Crippen LogP contribution < -0.4 is 5.32 Å². The smallest absolute Gasteiger partial charge is 0.333 e. The van der Waals surface area contributed by atoms with Crippen molar-refractivity contribution in [1.29, 1.82) is 0 Å². The molecule has 6 heteroatoms. The molecule has 19 heavy (non-hydrogen) atoms. The number of likely N-dealkylation sites (N-methyl/N-ethyl adjacent to an activating group) is 1. The molecule has 1 aliphatic rings. The fourth-order valence-corrected chi connectivity index (χ4v) is 1.71. The number of rotatable bonds is 4. The number of carboxylic acids is 2. The fourth-order valence-electron chi connectivity index (χ4n) is 1.71. The summed E-state index contributed by atoms with van der Waals surface area (Å²) in [6.45, 7) is 3.81. The van der Waals surface area contributed by atoms with Crippen LogP contribution in [0.3, 0.4) is 0 Å². The van der Waals surface area contributed by atoms with Crippen molar-refractivity contribution >= 4 is 11.9 Å². The minimum atomic E-state index is -1.11. The first-order valence-corrected chi connectivity index (χ1v) is 5.99. The van der Waals surface area contributed by atoms with Gasteiger partial charge in [0.1, 0.15) is 0 Å². The Hall–Kier alpha value is -1.66. The molecule has 0 heterocycles. The lowest BCUT2D eigenvalue weighted by molar-refractivity contribution is -0.142. The van der Waals surface area contributed by atoms with E-state index in [1.165, 1.54) is 18.2 Å². The van der Waals surface area contributed by atoms with Gasteiger partial charge in [-0.15, -0.1) is 0 Å². The van der Waals surface area contributed by atoms with Gasteiger partial charge in [-0.25, -0.2) is 4.79 Å². The summed E-state index contributed by atoms with van der Waals surface area (Å²) in [5.41, 5.74) is -1.02. The number of carbonyl (C=O) groups is 2. The van der Waals surface area contributed by atoms with Crippen molar-refractivity contribution in [3.63, 3.8) is 0 Å². The number of hydrogen-bond acceptors (Lipinski definition) is 4. The van der Waals surface area contributed by atoms with Gasteiger partial charge in [0, 0.05) is 6.61 Å². The van der Waals surface area contributed by atoms with Gasteiger partial charge in [0.2, 0.25) is 0 Å². The maximum Gasteiger partial charge on any atom is 0.333 e. The summed E-state index contributed by atoms with van der Waals surface area (Å²) in [6, 6.07) is 0. The van der Waals surface area contributed by atoms with Crippen LogP contribution in [0.4, 0.5) is 0 Å². The van der Waals surface area contributed by atoms with Crippen LogP contribution in [0.25, 0.3) is 0 Å². The molecule has 0 saturated carbocycles. The Morgan fingerprint density at radius 1 is 1.42 bits per heavy atom. The van der Waals surface area contributed by atoms with E-state index in [1.807, 2.05) is 6.92 Å². The average Bonchev–Trinajstić information content (AvgIpc) is 2.38. The summed E-state index contributed by atoms with van der Waals surface area (Å²) in [5, 5.41) is 28.6. The number of aliphatic hydroxyl groups excluding tert-OH is 1. The molecule has 6 nitrogen and oxygen atoms in total. The van der Waals surface area contributed by atoms with Crippen LogP contribution in [0, 0.1) is 5.92 Å². The first-order valence-electron chi connectivity index (χ1n) is 5.99. The number of allylic oxidation sites excluding steroid dienone is 2. The molecule has 0 spiro atoms. The molecule has 1 rings (SSSR count). The highest BCUT2D eigenvalue weighted by atomic mass is 16.4. The molecular weight excluding hydrogens is 250 g/mol. The normalized spacial score (nSPS) is 25.1. The number of carboxylic acid groups (broad SMARTS) is 2. The van der Waals surface area contributed by atoms with Crippen LogP contribution in [-0.2, 0) is 9.59 Å². The van der Waals surface area contributed by atoms with Crippen molar-refractivity contribution in [3.8, 4) is 0 Å². The minimum Gasteiger partial charge on any atom is -0.481 e. The van der Waals surface area contributed by atoms with Crippen molar-refractivity contribution in [2.75, 3.05) is 13.7 Å². The van der Waals surface area contributed by atoms with Crippen LogP contribution in [0.1, 0.15) is 20.3 Å². The van der Waals surface area contributed by atoms with Crippen molar-refractivity contribution in [2.45, 2.75) is 25.8 Å². The molecule has 0 aliphatic heterocycles. The van der Waals surface area contributed by atoms with Crippen molar-refractivity contribution in [2.24, 2.45) is 5.92 Å². The molecule has 0 radical (unpaired) electrons. The largest absolute Gasteiger partial charge is 0.481 e. The monoisotopic (exact) mass is 271 g/mol. The Morgan fingerprint density at radius 2 is 1.95 bits per heavy atom. The first kappa shape index (κ1) is 17.3. The molecule has 2 atom stereocenters. The van der Waals surface area contributed by atoms with E-state index in [0.29, 0.717) is 6.61 Å². The number of nitrogens with one attached hydrogen (secondary N) is 1. The Morgan fingerprint density at radius 3 is 2.26 bits per heavy atom. The number of hydrogen-bond donors (Lipinski definition) is 4. The highest BCUT2D eigenvalue weighted by molar-refractivity contribution is 5.92. The minimum absolute atomic E-state index is 0.0555. The second-order valence-electron chi connectivity index (χ2n) is 4.26. The van der Waals surface area contributed by atoms with E-state index < -0.39 is 23.4 Å². The molecule has 0 amide bonds. The lowest BCUT2D eigenvalue weighted by Crippen LogP contribution is -2.53. The van der Waals surface area contributed by atoms with Gasteiger partial charge in [0.15, 0.2) is 0 Å². The predicted molar refractivity (Wildman–Crippen MR) is 70.8 cm³/mol. The van der Waals surface area contributed by atoms with Gasteiger partial charge in [0.25, 0.3) is 0 Å². The summed E-state index contributed by atoms with van der Waals surface area (Å²) in [4.78, 5) is 21.9. The molecular formula is C13H21NO5. The van der Waals surface area contributed by atoms with Crippen LogP contribution in [0.15, 0.2) is 23.8 Å². The third-order valence-electron chi connectivity index (χ3n) is 2.99. The van der Waals surface area contributed by atoms with E-state index in [4.69, 9.17) is 15.3 Å². The summed E-state index contributed by atoms with van der Waals surface area (Å²) >= 11 is 0. The highest BCUT2D eigenvalue weighted by Gasteiger charge is 2.43. The summed E-state index contributed by atoms with van der Waals surface area (Å²) in [7, 11) is 1.55. The van der Waals surface area contributed by atoms with Gasteiger partial charge < -0.3 is 20.6 Å².